The van der Waals surface area contributed by atoms with E-state index in [-0.39, 0.29) is 35.7 Å². The lowest BCUT2D eigenvalue weighted by Gasteiger charge is -2.64. The summed E-state index contributed by atoms with van der Waals surface area (Å²) in [6.45, 7) is 8.32. The Balaban J connectivity index is 1.40. The first-order valence-corrected chi connectivity index (χ1v) is 18.8. The molecule has 0 aromatic heterocycles. The van der Waals surface area contributed by atoms with E-state index in [2.05, 4.69) is 5.32 Å². The number of aliphatic hydroxyl groups is 2. The second kappa shape index (κ2) is 13.9. The van der Waals surface area contributed by atoms with Crippen LogP contribution in [0.2, 0.25) is 0 Å². The summed E-state index contributed by atoms with van der Waals surface area (Å²) < 4.78 is 30.5. The van der Waals surface area contributed by atoms with E-state index in [1.807, 2.05) is 0 Å². The van der Waals surface area contributed by atoms with E-state index in [1.54, 1.807) is 69.3 Å². The summed E-state index contributed by atoms with van der Waals surface area (Å²) in [7, 11) is 0. The number of esters is 4. The number of hydrogen-bond acceptors (Lipinski definition) is 13. The number of Topliss-reactive ketones (excluding diaryl/α,β-unsaturated/α-hetero) is 1. The zero-order valence-electron chi connectivity index (χ0n) is 32.1. The molecular weight excluding hydrogens is 726 g/mol. The van der Waals surface area contributed by atoms with Crippen molar-refractivity contribution in [3.8, 4) is 0 Å². The Hall–Kier alpha value is -4.92. The van der Waals surface area contributed by atoms with Crippen molar-refractivity contribution in [2.75, 3.05) is 6.61 Å². The van der Waals surface area contributed by atoms with Crippen LogP contribution in [0.1, 0.15) is 82.8 Å². The molecule has 1 saturated heterocycles. The highest BCUT2D eigenvalue weighted by molar-refractivity contribution is 5.97. The molecule has 2 bridgehead atoms. The number of nitrogens with one attached hydrogen (secondary N) is 1. The molecule has 1 heterocycles. The number of carbonyl (C=O) groups is 6. The van der Waals surface area contributed by atoms with Crippen molar-refractivity contribution in [3.05, 3.63) is 82.9 Å². The van der Waals surface area contributed by atoms with Crippen LogP contribution in [-0.4, -0.2) is 94.1 Å². The first-order valence-electron chi connectivity index (χ1n) is 18.8. The molecule has 0 radical (unpaired) electrons. The van der Waals surface area contributed by atoms with Crippen LogP contribution >= 0.6 is 0 Å². The number of ketones is 1. The Morgan fingerprint density at radius 2 is 1.54 bits per heavy atom. The van der Waals surface area contributed by atoms with Crippen LogP contribution in [0.3, 0.4) is 0 Å². The standard InChI is InChI=1S/C42H47NO13/c1-21-28(54-38(50)32(47)31(43-22(2)44)25-13-9-7-10-14-25)19-42(51)36(55-37(49)26-15-11-8-12-16-26)34-40(35(48)33(53-23(3)45)30(21)39(42,5)6)18-27(40)17-29-41(34,20-52-29)56-24(4)46/h7-16,27-29,31-34,36,47,51H,17-20H2,1-6H3,(H,43,44)/t27-,28?,29-,31+,32-,33-,34+,36+,40-,41+,42-/m1/s1. The molecule has 1 aliphatic heterocycles. The van der Waals surface area contributed by atoms with E-state index in [1.165, 1.54) is 26.0 Å². The number of aliphatic hydroxyl groups excluding tert-OH is 1. The van der Waals surface area contributed by atoms with Crippen LogP contribution in [0.5, 0.6) is 0 Å². The SMILES string of the molecule is CC(=O)N[C@@H](c1ccccc1)[C@@H](O)C(=O)OC1C[C@@]2(O)[C@@H](OC(=O)c3ccccc3)[C@@H]3[C@]4(OC(C)=O)CO[C@@H]4C[C@@H]4C[C@@]43C(=O)[C@H](OC(C)=O)C(=C1C)C2(C)C. The molecule has 11 atom stereocenters. The Morgan fingerprint density at radius 3 is 2.11 bits per heavy atom. The highest BCUT2D eigenvalue weighted by Crippen LogP contribution is 2.74. The predicted octanol–water partition coefficient (Wildman–Crippen LogP) is 3.08. The van der Waals surface area contributed by atoms with Gasteiger partial charge in [-0.05, 0) is 54.5 Å². The molecule has 4 fully saturated rings. The van der Waals surface area contributed by atoms with Crippen LogP contribution in [0, 0.1) is 22.7 Å². The van der Waals surface area contributed by atoms with Crippen molar-refractivity contribution in [2.24, 2.45) is 22.7 Å². The lowest BCUT2D eigenvalue weighted by atomic mass is 9.48. The lowest BCUT2D eigenvalue weighted by molar-refractivity contribution is -0.323. The number of hydrogen-bond donors (Lipinski definition) is 3. The van der Waals surface area contributed by atoms with Crippen molar-refractivity contribution in [3.63, 3.8) is 0 Å². The van der Waals surface area contributed by atoms with E-state index in [0.717, 1.165) is 6.92 Å². The van der Waals surface area contributed by atoms with Crippen LogP contribution in [0.4, 0.5) is 0 Å². The number of benzene rings is 2. The van der Waals surface area contributed by atoms with Gasteiger partial charge in [0.2, 0.25) is 5.91 Å². The molecule has 2 aromatic rings. The molecule has 1 spiro atoms. The van der Waals surface area contributed by atoms with Crippen molar-refractivity contribution in [2.45, 2.75) is 109 Å². The van der Waals surface area contributed by atoms with Crippen LogP contribution in [0.25, 0.3) is 0 Å². The fourth-order valence-electron chi connectivity index (χ4n) is 10.2. The third kappa shape index (κ3) is 6.04. The molecule has 7 rings (SSSR count). The molecule has 14 nitrogen and oxygen atoms in total. The average molecular weight is 774 g/mol. The molecule has 1 amide bonds. The molecule has 5 aliphatic rings. The van der Waals surface area contributed by atoms with E-state index >= 15 is 4.79 Å². The maximum absolute atomic E-state index is 15.4. The van der Waals surface area contributed by atoms with Gasteiger partial charge in [-0.3, -0.25) is 19.2 Å². The van der Waals surface area contributed by atoms with Gasteiger partial charge in [-0.2, -0.15) is 0 Å². The van der Waals surface area contributed by atoms with Crippen molar-refractivity contribution < 1.29 is 62.7 Å². The molecular formula is C42H47NO13. The second-order valence-corrected chi connectivity index (χ2v) is 16.4. The second-order valence-electron chi connectivity index (χ2n) is 16.4. The van der Waals surface area contributed by atoms with Gasteiger partial charge in [0.25, 0.3) is 0 Å². The zero-order chi connectivity index (χ0) is 40.5. The summed E-state index contributed by atoms with van der Waals surface area (Å²) >= 11 is 0. The minimum atomic E-state index is -2.22. The summed E-state index contributed by atoms with van der Waals surface area (Å²) in [5.74, 6) is -6.04. The van der Waals surface area contributed by atoms with E-state index in [4.69, 9.17) is 23.7 Å². The monoisotopic (exact) mass is 773 g/mol. The summed E-state index contributed by atoms with van der Waals surface area (Å²) in [4.78, 5) is 81.5. The summed E-state index contributed by atoms with van der Waals surface area (Å²) in [5.41, 5.74) is -5.67. The molecule has 56 heavy (non-hydrogen) atoms. The number of carbonyl (C=O) groups excluding carboxylic acids is 6. The number of ether oxygens (including phenoxy) is 5. The van der Waals surface area contributed by atoms with Gasteiger partial charge in [0.05, 0.1) is 24.1 Å². The van der Waals surface area contributed by atoms with Gasteiger partial charge in [0.1, 0.15) is 23.9 Å². The summed E-state index contributed by atoms with van der Waals surface area (Å²) in [5, 5.41) is 27.6. The van der Waals surface area contributed by atoms with Crippen molar-refractivity contribution >= 4 is 35.6 Å². The Morgan fingerprint density at radius 1 is 0.893 bits per heavy atom. The van der Waals surface area contributed by atoms with Gasteiger partial charge in [-0.25, -0.2) is 9.59 Å². The molecule has 4 aliphatic carbocycles. The van der Waals surface area contributed by atoms with Gasteiger partial charge in [-0.1, -0.05) is 62.4 Å². The lowest BCUT2D eigenvalue weighted by Crippen LogP contribution is -2.78. The molecule has 2 aromatic carbocycles. The first-order chi connectivity index (χ1) is 26.4. The number of fused-ring (bicyclic) bond motifs is 4. The number of amides is 1. The number of rotatable bonds is 9. The Labute approximate surface area is 323 Å². The van der Waals surface area contributed by atoms with Gasteiger partial charge in [0.15, 0.2) is 23.6 Å². The molecule has 298 valence electrons. The fraction of sp³-hybridized carbons (Fsp3) is 0.524. The summed E-state index contributed by atoms with van der Waals surface area (Å²) in [6, 6.07) is 15.2. The summed E-state index contributed by atoms with van der Waals surface area (Å²) in [6.07, 6.45) is -7.01. The first kappa shape index (κ1) is 39.3. The highest BCUT2D eigenvalue weighted by Gasteiger charge is 2.84. The minimum Gasteiger partial charge on any atom is -0.456 e. The maximum atomic E-state index is 15.4. The van der Waals surface area contributed by atoms with Gasteiger partial charge < -0.3 is 39.2 Å². The highest BCUT2D eigenvalue weighted by atomic mass is 16.6. The molecule has 3 N–H and O–H groups in total. The minimum absolute atomic E-state index is 0.146. The smallest absolute Gasteiger partial charge is 0.338 e. The third-order valence-electron chi connectivity index (χ3n) is 12.9. The van der Waals surface area contributed by atoms with Crippen LogP contribution < -0.4 is 5.32 Å². The molecule has 1 unspecified atom stereocenters. The van der Waals surface area contributed by atoms with E-state index in [9.17, 15) is 34.2 Å². The maximum Gasteiger partial charge on any atom is 0.338 e. The van der Waals surface area contributed by atoms with Crippen molar-refractivity contribution in [1.29, 1.82) is 0 Å². The van der Waals surface area contributed by atoms with Crippen LogP contribution in [-0.2, 0) is 47.7 Å². The van der Waals surface area contributed by atoms with Gasteiger partial charge in [0, 0.05) is 38.0 Å². The predicted molar refractivity (Wildman–Crippen MR) is 194 cm³/mol. The molecule has 14 heteroatoms. The van der Waals surface area contributed by atoms with Crippen LogP contribution in [0.15, 0.2) is 71.8 Å². The normalized spacial score (nSPS) is 34.6. The quantitative estimate of drug-likeness (QED) is 0.191. The fourth-order valence-corrected chi connectivity index (χ4v) is 10.2. The van der Waals surface area contributed by atoms with E-state index < -0.39 is 107 Å². The topological polar surface area (TPSA) is 201 Å². The van der Waals surface area contributed by atoms with Crippen molar-refractivity contribution in [1.82, 2.24) is 5.32 Å². The third-order valence-corrected chi connectivity index (χ3v) is 12.9. The zero-order valence-corrected chi connectivity index (χ0v) is 32.1. The molecule has 3 saturated carbocycles. The van der Waals surface area contributed by atoms with E-state index in [0.29, 0.717) is 12.0 Å². The average Bonchev–Trinajstić information content (AvgIpc) is 3.87. The Bertz CT molecular complexity index is 2000. The van der Waals surface area contributed by atoms with Gasteiger partial charge >= 0.3 is 23.9 Å². The Kier molecular flexibility index (Phi) is 9.78. The van der Waals surface area contributed by atoms with Gasteiger partial charge in [-0.15, -0.1) is 0 Å². The largest absolute Gasteiger partial charge is 0.456 e.